The summed E-state index contributed by atoms with van der Waals surface area (Å²) in [7, 11) is 0. The van der Waals surface area contributed by atoms with Crippen molar-refractivity contribution in [2.45, 2.75) is 65.0 Å². The Kier molecular flexibility index (Phi) is 6.24. The molecule has 148 valence electrons. The van der Waals surface area contributed by atoms with Crippen molar-refractivity contribution in [3.63, 3.8) is 0 Å². The second kappa shape index (κ2) is 8.14. The number of aromatic amines is 1. The lowest BCUT2D eigenvalue weighted by Gasteiger charge is -2.47. The number of nitrogens with one attached hydrogen (secondary N) is 1. The van der Waals surface area contributed by atoms with E-state index in [9.17, 15) is 4.79 Å². The lowest BCUT2D eigenvalue weighted by molar-refractivity contribution is 0.0257. The van der Waals surface area contributed by atoms with Crippen LogP contribution in [-0.2, 0) is 0 Å². The molecule has 1 heterocycles. The summed E-state index contributed by atoms with van der Waals surface area (Å²) in [5.41, 5.74) is 6.53. The molecule has 6 heteroatoms. The smallest absolute Gasteiger partial charge is 0.255 e. The third-order valence-electron chi connectivity index (χ3n) is 6.39. The normalized spacial score (nSPS) is 24.3. The Bertz CT molecular complexity index is 872. The summed E-state index contributed by atoms with van der Waals surface area (Å²) in [6.45, 7) is 6.74. The number of pyridine rings is 1. The molecule has 4 nitrogen and oxygen atoms in total. The van der Waals surface area contributed by atoms with E-state index in [2.05, 4.69) is 41.7 Å². The van der Waals surface area contributed by atoms with Gasteiger partial charge in [-0.2, -0.15) is 0 Å². The molecule has 3 rings (SSSR count). The molecular weight excluding hydrogens is 428 g/mol. The monoisotopic (exact) mass is 454 g/mol. The maximum absolute atomic E-state index is 12.0. The molecule has 0 saturated heterocycles. The zero-order valence-corrected chi connectivity index (χ0v) is 18.5. The van der Waals surface area contributed by atoms with Crippen molar-refractivity contribution in [1.29, 1.82) is 0 Å². The molecule has 1 aliphatic rings. The van der Waals surface area contributed by atoms with Crippen LogP contribution in [0.15, 0.2) is 27.6 Å². The molecule has 1 saturated carbocycles. The van der Waals surface area contributed by atoms with Gasteiger partial charge in [-0.15, -0.1) is 0 Å². The van der Waals surface area contributed by atoms with E-state index < -0.39 is 0 Å². The van der Waals surface area contributed by atoms with E-state index in [1.54, 1.807) is 12.3 Å². The molecule has 1 fully saturated rings. The van der Waals surface area contributed by atoms with Crippen molar-refractivity contribution in [3.05, 3.63) is 38.2 Å². The van der Waals surface area contributed by atoms with Crippen molar-refractivity contribution in [3.8, 4) is 5.75 Å². The van der Waals surface area contributed by atoms with Crippen LogP contribution in [0.5, 0.6) is 5.75 Å². The van der Waals surface area contributed by atoms with Gasteiger partial charge in [-0.25, -0.2) is 0 Å². The average molecular weight is 456 g/mol. The minimum absolute atomic E-state index is 0.122. The van der Waals surface area contributed by atoms with Crippen LogP contribution in [0, 0.1) is 11.3 Å². The fourth-order valence-electron chi connectivity index (χ4n) is 4.52. The fourth-order valence-corrected chi connectivity index (χ4v) is 5.17. The van der Waals surface area contributed by atoms with E-state index in [1.807, 2.05) is 6.07 Å². The minimum atomic E-state index is -0.158. The second-order valence-corrected chi connectivity index (χ2v) is 9.28. The lowest BCUT2D eigenvalue weighted by Crippen LogP contribution is -2.48. The highest BCUT2D eigenvalue weighted by atomic mass is 79.9. The summed E-state index contributed by atoms with van der Waals surface area (Å²) in [6.07, 6.45) is 6.84. The molecule has 0 bridgehead atoms. The van der Waals surface area contributed by atoms with Gasteiger partial charge in [-0.3, -0.25) is 4.79 Å². The van der Waals surface area contributed by atoms with E-state index in [-0.39, 0.29) is 23.1 Å². The Morgan fingerprint density at radius 2 is 2.00 bits per heavy atom. The van der Waals surface area contributed by atoms with Crippen LogP contribution in [0.25, 0.3) is 10.8 Å². The number of nitrogens with two attached hydrogens (primary N) is 1. The topological polar surface area (TPSA) is 68.1 Å². The number of hydrogen-bond acceptors (Lipinski definition) is 3. The van der Waals surface area contributed by atoms with Crippen molar-refractivity contribution in [1.82, 2.24) is 4.98 Å². The first kappa shape index (κ1) is 20.7. The predicted octanol–water partition coefficient (Wildman–Crippen LogP) is 5.65. The van der Waals surface area contributed by atoms with Gasteiger partial charge < -0.3 is 15.5 Å². The van der Waals surface area contributed by atoms with Crippen LogP contribution in [0.4, 0.5) is 0 Å². The van der Waals surface area contributed by atoms with Crippen LogP contribution < -0.4 is 16.0 Å². The van der Waals surface area contributed by atoms with Crippen LogP contribution in [0.1, 0.15) is 52.9 Å². The zero-order valence-electron chi connectivity index (χ0n) is 16.1. The number of H-pyrrole nitrogens is 1. The molecule has 1 aliphatic carbocycles. The Hall–Kier alpha value is -1.04. The first-order valence-electron chi connectivity index (χ1n) is 9.71. The summed E-state index contributed by atoms with van der Waals surface area (Å²) >= 11 is 9.90. The Morgan fingerprint density at radius 1 is 1.33 bits per heavy atom. The second-order valence-electron chi connectivity index (χ2n) is 8.01. The molecule has 3 N–H and O–H groups in total. The number of ether oxygens (including phenoxy) is 1. The Balaban J connectivity index is 1.80. The number of fused-ring (bicyclic) bond motifs is 1. The van der Waals surface area contributed by atoms with Crippen LogP contribution in [0.2, 0.25) is 5.02 Å². The SMILES string of the molecule is CCC(N)C1(C(C)C)CCC(Oc2cc3c(Br)c[nH]c(=O)c3cc2Cl)CC1. The third-order valence-corrected chi connectivity index (χ3v) is 7.34. The van der Waals surface area contributed by atoms with Crippen molar-refractivity contribution >= 4 is 38.3 Å². The van der Waals surface area contributed by atoms with Gasteiger partial charge >= 0.3 is 0 Å². The van der Waals surface area contributed by atoms with Gasteiger partial charge in [-0.1, -0.05) is 32.4 Å². The van der Waals surface area contributed by atoms with Gasteiger partial charge in [0.05, 0.1) is 11.1 Å². The molecule has 1 aromatic carbocycles. The maximum Gasteiger partial charge on any atom is 0.255 e. The van der Waals surface area contributed by atoms with Gasteiger partial charge in [0.1, 0.15) is 5.75 Å². The van der Waals surface area contributed by atoms with E-state index in [0.717, 1.165) is 42.0 Å². The first-order chi connectivity index (χ1) is 12.8. The van der Waals surface area contributed by atoms with Crippen LogP contribution in [-0.4, -0.2) is 17.1 Å². The van der Waals surface area contributed by atoms with Crippen molar-refractivity contribution < 1.29 is 4.74 Å². The van der Waals surface area contributed by atoms with E-state index in [1.165, 1.54) is 0 Å². The standard InChI is InChI=1S/C21H28BrClN2O2/c1-4-19(24)21(12(2)3)7-5-13(6-8-21)27-18-10-14-15(9-17(18)23)20(26)25-11-16(14)22/h9-13,19H,4-8,24H2,1-3H3,(H,25,26). The van der Waals surface area contributed by atoms with Crippen LogP contribution in [0.3, 0.4) is 0 Å². The number of hydrogen-bond donors (Lipinski definition) is 2. The highest BCUT2D eigenvalue weighted by Crippen LogP contribution is 2.46. The van der Waals surface area contributed by atoms with Gasteiger partial charge in [0.25, 0.3) is 5.56 Å². The third kappa shape index (κ3) is 3.92. The molecule has 2 aromatic rings. The predicted molar refractivity (Wildman–Crippen MR) is 116 cm³/mol. The molecule has 0 radical (unpaired) electrons. The van der Waals surface area contributed by atoms with Gasteiger partial charge in [0.2, 0.25) is 0 Å². The van der Waals surface area contributed by atoms with Crippen molar-refractivity contribution in [2.75, 3.05) is 0 Å². The Morgan fingerprint density at radius 3 is 2.59 bits per heavy atom. The molecule has 0 amide bonds. The number of benzene rings is 1. The average Bonchev–Trinajstić information content (AvgIpc) is 2.66. The number of halogens is 2. The highest BCUT2D eigenvalue weighted by molar-refractivity contribution is 9.10. The molecule has 0 spiro atoms. The van der Waals surface area contributed by atoms with Gasteiger partial charge in [0, 0.05) is 27.5 Å². The summed E-state index contributed by atoms with van der Waals surface area (Å²) in [5, 5.41) is 1.83. The van der Waals surface area contributed by atoms with E-state index in [0.29, 0.717) is 22.1 Å². The molecule has 1 unspecified atom stereocenters. The van der Waals surface area contributed by atoms with Gasteiger partial charge in [-0.05, 0) is 71.5 Å². The van der Waals surface area contributed by atoms with Crippen LogP contribution >= 0.6 is 27.5 Å². The summed E-state index contributed by atoms with van der Waals surface area (Å²) < 4.78 is 7.08. The highest BCUT2D eigenvalue weighted by Gasteiger charge is 2.42. The summed E-state index contributed by atoms with van der Waals surface area (Å²) in [6, 6.07) is 3.77. The quantitative estimate of drug-likeness (QED) is 0.612. The summed E-state index contributed by atoms with van der Waals surface area (Å²) in [5.74, 6) is 1.19. The van der Waals surface area contributed by atoms with E-state index in [4.69, 9.17) is 22.1 Å². The molecule has 0 aliphatic heterocycles. The van der Waals surface area contributed by atoms with Crippen molar-refractivity contribution in [2.24, 2.45) is 17.1 Å². The van der Waals surface area contributed by atoms with Gasteiger partial charge in [0.15, 0.2) is 0 Å². The Labute approximate surface area is 173 Å². The molecular formula is C21H28BrClN2O2. The van der Waals surface area contributed by atoms with E-state index >= 15 is 0 Å². The minimum Gasteiger partial charge on any atom is -0.489 e. The fraction of sp³-hybridized carbons (Fsp3) is 0.571. The summed E-state index contributed by atoms with van der Waals surface area (Å²) in [4.78, 5) is 14.7. The number of rotatable bonds is 5. The zero-order chi connectivity index (χ0) is 19.8. The maximum atomic E-state index is 12.0. The largest absolute Gasteiger partial charge is 0.489 e. The first-order valence-corrected chi connectivity index (χ1v) is 10.9. The lowest BCUT2D eigenvalue weighted by atomic mass is 9.62. The molecule has 1 atom stereocenters. The number of aromatic nitrogens is 1. The molecule has 27 heavy (non-hydrogen) atoms. The molecule has 1 aromatic heterocycles.